The minimum absolute atomic E-state index is 0.00532. The Balaban J connectivity index is 1.67. The summed E-state index contributed by atoms with van der Waals surface area (Å²) in [7, 11) is 0. The van der Waals surface area contributed by atoms with Crippen LogP contribution in [0, 0.1) is 19.8 Å². The van der Waals surface area contributed by atoms with Crippen LogP contribution < -0.4 is 0 Å². The topological polar surface area (TPSA) is 58.4 Å². The van der Waals surface area contributed by atoms with Crippen molar-refractivity contribution >= 4 is 17.9 Å². The normalized spacial score (nSPS) is 14.9. The molecule has 6 heteroatoms. The molecule has 1 aromatic heterocycles. The molecule has 0 bridgehead atoms. The van der Waals surface area contributed by atoms with Gasteiger partial charge < -0.3 is 9.80 Å². The first-order valence-electron chi connectivity index (χ1n) is 9.76. The van der Waals surface area contributed by atoms with Crippen molar-refractivity contribution in [3.05, 3.63) is 53.4 Å². The Kier molecular flexibility index (Phi) is 5.97. The predicted octanol–water partition coefficient (Wildman–Crippen LogP) is 2.83. The zero-order chi connectivity index (χ0) is 20.3. The van der Waals surface area contributed by atoms with Crippen molar-refractivity contribution in [1.29, 1.82) is 0 Å². The number of hydrogen-bond acceptors (Lipinski definition) is 3. The van der Waals surface area contributed by atoms with Gasteiger partial charge in [-0.1, -0.05) is 32.0 Å². The maximum atomic E-state index is 12.6. The van der Waals surface area contributed by atoms with E-state index in [9.17, 15) is 9.59 Å². The van der Waals surface area contributed by atoms with Crippen molar-refractivity contribution < 1.29 is 9.59 Å². The van der Waals surface area contributed by atoms with Crippen LogP contribution in [0.5, 0.6) is 0 Å². The summed E-state index contributed by atoms with van der Waals surface area (Å²) in [5.74, 6) is 0.124. The van der Waals surface area contributed by atoms with E-state index in [0.717, 1.165) is 22.6 Å². The van der Waals surface area contributed by atoms with E-state index in [4.69, 9.17) is 0 Å². The third-order valence-corrected chi connectivity index (χ3v) is 5.14. The van der Waals surface area contributed by atoms with Gasteiger partial charge in [0.15, 0.2) is 0 Å². The monoisotopic (exact) mass is 380 g/mol. The molecule has 0 radical (unpaired) electrons. The lowest BCUT2D eigenvalue weighted by Crippen LogP contribution is -2.51. The Morgan fingerprint density at radius 2 is 1.61 bits per heavy atom. The van der Waals surface area contributed by atoms with E-state index in [0.29, 0.717) is 26.2 Å². The summed E-state index contributed by atoms with van der Waals surface area (Å²) < 4.78 is 1.90. The first-order chi connectivity index (χ1) is 13.4. The summed E-state index contributed by atoms with van der Waals surface area (Å²) in [6.07, 6.45) is 3.47. The van der Waals surface area contributed by atoms with Crippen molar-refractivity contribution in [3.63, 3.8) is 0 Å². The molecule has 2 amide bonds. The van der Waals surface area contributed by atoms with Crippen LogP contribution in [-0.4, -0.2) is 57.6 Å². The van der Waals surface area contributed by atoms with E-state index in [1.54, 1.807) is 11.0 Å². The van der Waals surface area contributed by atoms with Crippen LogP contribution in [0.25, 0.3) is 11.8 Å². The standard InChI is InChI=1S/C22H28N4O2/c1-16(2)22(28)25-14-12-24(13-15-25)21(27)11-10-20-17(3)23-26(18(20)4)19-8-6-5-7-9-19/h5-11,16H,12-15H2,1-4H3/b11-10+. The SMILES string of the molecule is Cc1nn(-c2ccccc2)c(C)c1/C=C/C(=O)N1CCN(C(=O)C(C)C)CC1. The van der Waals surface area contributed by atoms with Gasteiger partial charge in [0.25, 0.3) is 0 Å². The van der Waals surface area contributed by atoms with Gasteiger partial charge in [-0.05, 0) is 32.1 Å². The summed E-state index contributed by atoms with van der Waals surface area (Å²) in [6.45, 7) is 10.1. The van der Waals surface area contributed by atoms with Crippen LogP contribution in [0.4, 0.5) is 0 Å². The quantitative estimate of drug-likeness (QED) is 0.767. The minimum Gasteiger partial charge on any atom is -0.339 e. The molecule has 0 spiro atoms. The summed E-state index contributed by atoms with van der Waals surface area (Å²) in [5, 5.41) is 4.61. The van der Waals surface area contributed by atoms with Gasteiger partial charge in [0.1, 0.15) is 0 Å². The third kappa shape index (κ3) is 4.16. The predicted molar refractivity (Wildman–Crippen MR) is 110 cm³/mol. The number of nitrogens with zero attached hydrogens (tertiary/aromatic N) is 4. The van der Waals surface area contributed by atoms with E-state index in [1.807, 2.05) is 73.7 Å². The molecule has 0 saturated carbocycles. The molecule has 3 rings (SSSR count). The van der Waals surface area contributed by atoms with Gasteiger partial charge in [-0.2, -0.15) is 5.10 Å². The smallest absolute Gasteiger partial charge is 0.246 e. The molecule has 2 heterocycles. The zero-order valence-corrected chi connectivity index (χ0v) is 17.1. The fourth-order valence-electron chi connectivity index (χ4n) is 3.49. The Morgan fingerprint density at radius 3 is 2.21 bits per heavy atom. The maximum absolute atomic E-state index is 12.6. The van der Waals surface area contributed by atoms with Gasteiger partial charge in [0, 0.05) is 49.4 Å². The molecule has 1 aromatic carbocycles. The fourth-order valence-corrected chi connectivity index (χ4v) is 3.49. The number of hydrogen-bond donors (Lipinski definition) is 0. The molecule has 148 valence electrons. The molecular formula is C22H28N4O2. The van der Waals surface area contributed by atoms with Crippen LogP contribution in [-0.2, 0) is 9.59 Å². The van der Waals surface area contributed by atoms with Crippen LogP contribution in [0.1, 0.15) is 30.8 Å². The molecule has 0 aliphatic carbocycles. The molecule has 1 aliphatic rings. The van der Waals surface area contributed by atoms with Crippen molar-refractivity contribution in [2.75, 3.05) is 26.2 Å². The zero-order valence-electron chi connectivity index (χ0n) is 17.1. The molecule has 1 fully saturated rings. The molecule has 28 heavy (non-hydrogen) atoms. The van der Waals surface area contributed by atoms with Gasteiger partial charge >= 0.3 is 0 Å². The first-order valence-corrected chi connectivity index (χ1v) is 9.76. The van der Waals surface area contributed by atoms with Gasteiger partial charge in [-0.15, -0.1) is 0 Å². The largest absolute Gasteiger partial charge is 0.339 e. The maximum Gasteiger partial charge on any atom is 0.246 e. The second kappa shape index (κ2) is 8.42. The number of amides is 2. The summed E-state index contributed by atoms with van der Waals surface area (Å²) in [4.78, 5) is 28.3. The second-order valence-corrected chi connectivity index (χ2v) is 7.47. The number of carbonyl (C=O) groups excluding carboxylic acids is 2. The number of aromatic nitrogens is 2. The van der Waals surface area contributed by atoms with Crippen LogP contribution in [0.2, 0.25) is 0 Å². The molecular weight excluding hydrogens is 352 g/mol. The first kappa shape index (κ1) is 19.9. The highest BCUT2D eigenvalue weighted by atomic mass is 16.2. The molecule has 6 nitrogen and oxygen atoms in total. The number of piperazine rings is 1. The highest BCUT2D eigenvalue weighted by molar-refractivity contribution is 5.92. The van der Waals surface area contributed by atoms with Crippen LogP contribution in [0.15, 0.2) is 36.4 Å². The van der Waals surface area contributed by atoms with E-state index in [-0.39, 0.29) is 17.7 Å². The van der Waals surface area contributed by atoms with Gasteiger partial charge in [-0.25, -0.2) is 4.68 Å². The highest BCUT2D eigenvalue weighted by Gasteiger charge is 2.24. The Bertz CT molecular complexity index is 875. The number of benzene rings is 1. The lowest BCUT2D eigenvalue weighted by atomic mass is 10.1. The van der Waals surface area contributed by atoms with Gasteiger partial charge in [0.2, 0.25) is 11.8 Å². The lowest BCUT2D eigenvalue weighted by molar-refractivity contribution is -0.139. The molecule has 1 aliphatic heterocycles. The van der Waals surface area contributed by atoms with Crippen LogP contribution >= 0.6 is 0 Å². The molecule has 0 N–H and O–H groups in total. The van der Waals surface area contributed by atoms with E-state index in [1.165, 1.54) is 0 Å². The summed E-state index contributed by atoms with van der Waals surface area (Å²) in [6, 6.07) is 9.96. The Morgan fingerprint density at radius 1 is 1.00 bits per heavy atom. The van der Waals surface area contributed by atoms with Crippen molar-refractivity contribution in [1.82, 2.24) is 19.6 Å². The number of para-hydroxylation sites is 1. The second-order valence-electron chi connectivity index (χ2n) is 7.47. The minimum atomic E-state index is -0.0251. The highest BCUT2D eigenvalue weighted by Crippen LogP contribution is 2.19. The van der Waals surface area contributed by atoms with Crippen molar-refractivity contribution in [3.8, 4) is 5.69 Å². The summed E-state index contributed by atoms with van der Waals surface area (Å²) >= 11 is 0. The van der Waals surface area contributed by atoms with E-state index >= 15 is 0 Å². The average molecular weight is 380 g/mol. The van der Waals surface area contributed by atoms with Crippen molar-refractivity contribution in [2.24, 2.45) is 5.92 Å². The molecule has 2 aromatic rings. The van der Waals surface area contributed by atoms with Crippen LogP contribution in [0.3, 0.4) is 0 Å². The lowest BCUT2D eigenvalue weighted by Gasteiger charge is -2.35. The van der Waals surface area contributed by atoms with Gasteiger partial charge in [-0.3, -0.25) is 9.59 Å². The number of aryl methyl sites for hydroxylation is 1. The van der Waals surface area contributed by atoms with Gasteiger partial charge in [0.05, 0.1) is 11.4 Å². The Labute approximate surface area is 166 Å². The van der Waals surface area contributed by atoms with Crippen molar-refractivity contribution in [2.45, 2.75) is 27.7 Å². The Hall–Kier alpha value is -2.89. The summed E-state index contributed by atoms with van der Waals surface area (Å²) in [5.41, 5.74) is 3.85. The molecule has 0 unspecified atom stereocenters. The third-order valence-electron chi connectivity index (χ3n) is 5.14. The number of carbonyl (C=O) groups is 2. The average Bonchev–Trinajstić information content (AvgIpc) is 3.00. The number of rotatable bonds is 4. The fraction of sp³-hybridized carbons (Fsp3) is 0.409. The van der Waals surface area contributed by atoms with E-state index < -0.39 is 0 Å². The molecule has 0 atom stereocenters. The molecule has 1 saturated heterocycles. The van der Waals surface area contributed by atoms with E-state index in [2.05, 4.69) is 5.10 Å².